The highest BCUT2D eigenvalue weighted by Crippen LogP contribution is 2.46. The van der Waals surface area contributed by atoms with Crippen LogP contribution in [-0.2, 0) is 4.79 Å². The first-order chi connectivity index (χ1) is 9.04. The normalized spacial score (nSPS) is 16.2. The van der Waals surface area contributed by atoms with Crippen LogP contribution in [0.15, 0.2) is 18.2 Å². The number of aryl methyl sites for hydroxylation is 1. The number of rotatable bonds is 6. The molecule has 1 fully saturated rings. The van der Waals surface area contributed by atoms with Crippen molar-refractivity contribution < 1.29 is 4.79 Å². The summed E-state index contributed by atoms with van der Waals surface area (Å²) in [4.78, 5) is 11.8. The van der Waals surface area contributed by atoms with Gasteiger partial charge in [-0.15, -0.1) is 0 Å². The Morgan fingerprint density at radius 2 is 2.21 bits per heavy atom. The summed E-state index contributed by atoms with van der Waals surface area (Å²) < 4.78 is 0.381. The molecular weight excluding hydrogens is 280 g/mol. The van der Waals surface area contributed by atoms with Crippen molar-refractivity contribution in [1.29, 1.82) is 0 Å². The van der Waals surface area contributed by atoms with E-state index in [1.165, 1.54) is 12.8 Å². The van der Waals surface area contributed by atoms with Gasteiger partial charge in [-0.3, -0.25) is 4.79 Å². The average Bonchev–Trinajstić information content (AvgIpc) is 3.14. The third-order valence-electron chi connectivity index (χ3n) is 3.45. The van der Waals surface area contributed by atoms with Crippen molar-refractivity contribution in [2.24, 2.45) is 0 Å². The van der Waals surface area contributed by atoms with Crippen LogP contribution < -0.4 is 10.6 Å². The molecule has 0 atom stereocenters. The minimum atomic E-state index is -0.0257. The van der Waals surface area contributed by atoms with Gasteiger partial charge in [-0.25, -0.2) is 0 Å². The van der Waals surface area contributed by atoms with Crippen LogP contribution in [0.1, 0.15) is 18.4 Å². The van der Waals surface area contributed by atoms with Crippen LogP contribution in [0.25, 0.3) is 0 Å². The molecule has 1 aliphatic carbocycles. The predicted molar refractivity (Wildman–Crippen MR) is 83.2 cm³/mol. The molecule has 0 heterocycles. The fourth-order valence-corrected chi connectivity index (χ4v) is 2.85. The smallest absolute Gasteiger partial charge is 0.238 e. The molecule has 1 aromatic rings. The summed E-state index contributed by atoms with van der Waals surface area (Å²) in [5.41, 5.74) is 1.80. The number of carbonyl (C=O) groups excluding carboxylic acids is 1. The molecule has 0 radical (unpaired) electrons. The van der Waals surface area contributed by atoms with Gasteiger partial charge in [0.1, 0.15) is 0 Å². The van der Waals surface area contributed by atoms with E-state index in [4.69, 9.17) is 11.6 Å². The number of carbonyl (C=O) groups is 1. The van der Waals surface area contributed by atoms with Gasteiger partial charge >= 0.3 is 0 Å². The van der Waals surface area contributed by atoms with E-state index in [1.54, 1.807) is 6.07 Å². The number of hydrogen-bond donors (Lipinski definition) is 2. The second-order valence-corrected chi connectivity index (χ2v) is 6.71. The molecule has 0 aliphatic heterocycles. The molecule has 0 spiro atoms. The maximum atomic E-state index is 11.8. The molecule has 2 N–H and O–H groups in total. The van der Waals surface area contributed by atoms with Gasteiger partial charge in [-0.2, -0.15) is 11.8 Å². The summed E-state index contributed by atoms with van der Waals surface area (Å²) in [6, 6.07) is 5.50. The van der Waals surface area contributed by atoms with Gasteiger partial charge in [0.25, 0.3) is 0 Å². The molecule has 104 valence electrons. The Morgan fingerprint density at radius 1 is 1.47 bits per heavy atom. The SMILES string of the molecule is CSC1(CNCC(=O)Nc2cc(Cl)ccc2C)CC1. The largest absolute Gasteiger partial charge is 0.325 e. The van der Waals surface area contributed by atoms with Crippen LogP contribution in [0.5, 0.6) is 0 Å². The van der Waals surface area contributed by atoms with Crippen LogP contribution in [0.3, 0.4) is 0 Å². The number of amides is 1. The van der Waals surface area contributed by atoms with Gasteiger partial charge in [0.05, 0.1) is 6.54 Å². The Hall–Kier alpha value is -0.710. The Kier molecular flexibility index (Phi) is 4.76. The maximum absolute atomic E-state index is 11.8. The topological polar surface area (TPSA) is 41.1 Å². The van der Waals surface area contributed by atoms with Crippen molar-refractivity contribution in [2.75, 3.05) is 24.7 Å². The van der Waals surface area contributed by atoms with Gasteiger partial charge in [0, 0.05) is 22.0 Å². The summed E-state index contributed by atoms with van der Waals surface area (Å²) in [5, 5.41) is 6.74. The maximum Gasteiger partial charge on any atom is 0.238 e. The van der Waals surface area contributed by atoms with E-state index in [1.807, 2.05) is 30.8 Å². The molecule has 2 rings (SSSR count). The van der Waals surface area contributed by atoms with E-state index >= 15 is 0 Å². The van der Waals surface area contributed by atoms with E-state index in [2.05, 4.69) is 16.9 Å². The summed E-state index contributed by atoms with van der Waals surface area (Å²) in [7, 11) is 0. The lowest BCUT2D eigenvalue weighted by molar-refractivity contribution is -0.115. The van der Waals surface area contributed by atoms with E-state index in [0.29, 0.717) is 16.3 Å². The molecule has 0 bridgehead atoms. The van der Waals surface area contributed by atoms with Crippen molar-refractivity contribution in [3.05, 3.63) is 28.8 Å². The monoisotopic (exact) mass is 298 g/mol. The highest BCUT2D eigenvalue weighted by Gasteiger charge is 2.41. The Morgan fingerprint density at radius 3 is 2.84 bits per heavy atom. The number of anilines is 1. The molecule has 0 aromatic heterocycles. The van der Waals surface area contributed by atoms with Crippen LogP contribution in [0, 0.1) is 6.92 Å². The second-order valence-electron chi connectivity index (χ2n) is 5.00. The van der Waals surface area contributed by atoms with Gasteiger partial charge in [0.2, 0.25) is 5.91 Å². The molecular formula is C14H19ClN2OS. The van der Waals surface area contributed by atoms with Crippen LogP contribution in [0.4, 0.5) is 5.69 Å². The number of hydrogen-bond acceptors (Lipinski definition) is 3. The molecule has 5 heteroatoms. The molecule has 1 saturated carbocycles. The quantitative estimate of drug-likeness (QED) is 0.848. The Bertz CT molecular complexity index is 475. The first kappa shape index (κ1) is 14.7. The third-order valence-corrected chi connectivity index (χ3v) is 5.10. The number of nitrogens with one attached hydrogen (secondary N) is 2. The zero-order chi connectivity index (χ0) is 13.9. The summed E-state index contributed by atoms with van der Waals surface area (Å²) in [6.45, 7) is 3.19. The van der Waals surface area contributed by atoms with Crippen molar-refractivity contribution in [1.82, 2.24) is 5.32 Å². The van der Waals surface area contributed by atoms with E-state index in [9.17, 15) is 4.79 Å². The van der Waals surface area contributed by atoms with Crippen molar-refractivity contribution in [3.8, 4) is 0 Å². The molecule has 1 amide bonds. The lowest BCUT2D eigenvalue weighted by Gasteiger charge is -2.13. The Balaban J connectivity index is 1.79. The van der Waals surface area contributed by atoms with Gasteiger partial charge < -0.3 is 10.6 Å². The highest BCUT2D eigenvalue weighted by molar-refractivity contribution is 8.00. The zero-order valence-electron chi connectivity index (χ0n) is 11.3. The lowest BCUT2D eigenvalue weighted by Crippen LogP contribution is -2.33. The molecule has 1 aliphatic rings. The first-order valence-electron chi connectivity index (χ1n) is 6.36. The first-order valence-corrected chi connectivity index (χ1v) is 7.97. The van der Waals surface area contributed by atoms with Crippen molar-refractivity contribution >= 4 is 35.0 Å². The molecule has 0 saturated heterocycles. The summed E-state index contributed by atoms with van der Waals surface area (Å²) in [5.74, 6) is -0.0257. The summed E-state index contributed by atoms with van der Waals surface area (Å²) >= 11 is 7.81. The van der Waals surface area contributed by atoms with Gasteiger partial charge in [0.15, 0.2) is 0 Å². The molecule has 0 unspecified atom stereocenters. The summed E-state index contributed by atoms with van der Waals surface area (Å²) in [6.07, 6.45) is 4.62. The predicted octanol–water partition coefficient (Wildman–Crippen LogP) is 3.07. The highest BCUT2D eigenvalue weighted by atomic mass is 35.5. The third kappa shape index (κ3) is 4.13. The number of thioether (sulfide) groups is 1. The zero-order valence-corrected chi connectivity index (χ0v) is 12.8. The Labute approximate surface area is 123 Å². The lowest BCUT2D eigenvalue weighted by atomic mass is 10.2. The van der Waals surface area contributed by atoms with E-state index < -0.39 is 0 Å². The number of benzene rings is 1. The van der Waals surface area contributed by atoms with Crippen LogP contribution in [0.2, 0.25) is 5.02 Å². The van der Waals surface area contributed by atoms with Crippen molar-refractivity contribution in [3.63, 3.8) is 0 Å². The minimum absolute atomic E-state index is 0.0257. The number of halogens is 1. The second kappa shape index (κ2) is 6.16. The van der Waals surface area contributed by atoms with Crippen molar-refractivity contribution in [2.45, 2.75) is 24.5 Å². The fraction of sp³-hybridized carbons (Fsp3) is 0.500. The molecule has 3 nitrogen and oxygen atoms in total. The van der Waals surface area contributed by atoms with Crippen LogP contribution >= 0.6 is 23.4 Å². The molecule has 1 aromatic carbocycles. The van der Waals surface area contributed by atoms with Gasteiger partial charge in [-0.05, 0) is 43.7 Å². The average molecular weight is 299 g/mol. The van der Waals surface area contributed by atoms with E-state index in [-0.39, 0.29) is 5.91 Å². The van der Waals surface area contributed by atoms with E-state index in [0.717, 1.165) is 17.8 Å². The van der Waals surface area contributed by atoms with Gasteiger partial charge in [-0.1, -0.05) is 17.7 Å². The fourth-order valence-electron chi connectivity index (χ4n) is 1.92. The standard InChI is InChI=1S/C14H19ClN2OS/c1-10-3-4-11(15)7-12(10)17-13(18)8-16-9-14(19-2)5-6-14/h3-4,7,16H,5-6,8-9H2,1-2H3,(H,17,18). The minimum Gasteiger partial charge on any atom is -0.325 e. The van der Waals surface area contributed by atoms with Crippen LogP contribution in [-0.4, -0.2) is 30.0 Å². The molecule has 19 heavy (non-hydrogen) atoms.